The number of aromatic amines is 1. The molecule has 0 aliphatic heterocycles. The van der Waals surface area contributed by atoms with Gasteiger partial charge in [0.1, 0.15) is 11.3 Å². The summed E-state index contributed by atoms with van der Waals surface area (Å²) in [5.41, 5.74) is 1.53. The Balaban J connectivity index is 2.53. The highest BCUT2D eigenvalue weighted by molar-refractivity contribution is 9.10. The largest absolute Gasteiger partial charge is 0.542 e. The second-order valence-corrected chi connectivity index (χ2v) is 12.1. The number of rotatable bonds is 2. The molecule has 0 atom stereocenters. The number of oxazole rings is 1. The average molecular weight is 360 g/mol. The molecular weight excluding hydrogens is 342 g/mol. The zero-order chi connectivity index (χ0) is 14.4. The Morgan fingerprint density at radius 2 is 1.95 bits per heavy atom. The first-order chi connectivity index (χ1) is 8.62. The van der Waals surface area contributed by atoms with Crippen molar-refractivity contribution in [1.29, 1.82) is 0 Å². The van der Waals surface area contributed by atoms with E-state index in [-0.39, 0.29) is 5.04 Å². The normalized spacial score (nSPS) is 12.9. The third-order valence-corrected chi connectivity index (χ3v) is 8.82. The molecule has 0 aliphatic rings. The van der Waals surface area contributed by atoms with Crippen LogP contribution < -0.4 is 4.43 Å². The SMILES string of the molecule is CC(C)(C)[Si](C)(C)Oc1ccc(Br)c2oc(=S)[nH]c12. The van der Waals surface area contributed by atoms with Crippen LogP contribution in [0.1, 0.15) is 20.8 Å². The van der Waals surface area contributed by atoms with Crippen molar-refractivity contribution in [1.82, 2.24) is 4.98 Å². The fourth-order valence-corrected chi connectivity index (χ4v) is 3.11. The molecule has 19 heavy (non-hydrogen) atoms. The van der Waals surface area contributed by atoms with E-state index >= 15 is 0 Å². The van der Waals surface area contributed by atoms with Crippen LogP contribution in [0, 0.1) is 4.84 Å². The fourth-order valence-electron chi connectivity index (χ4n) is 1.49. The molecule has 1 heterocycles. The second kappa shape index (κ2) is 4.75. The predicted molar refractivity (Wildman–Crippen MR) is 86.9 cm³/mol. The van der Waals surface area contributed by atoms with Crippen molar-refractivity contribution in [3.05, 3.63) is 21.4 Å². The Kier molecular flexibility index (Phi) is 3.70. The maximum absolute atomic E-state index is 6.33. The highest BCUT2D eigenvalue weighted by Gasteiger charge is 2.39. The van der Waals surface area contributed by atoms with E-state index in [1.165, 1.54) is 0 Å². The number of hydrogen-bond acceptors (Lipinski definition) is 3. The Morgan fingerprint density at radius 3 is 2.53 bits per heavy atom. The van der Waals surface area contributed by atoms with Gasteiger partial charge in [-0.1, -0.05) is 20.8 Å². The van der Waals surface area contributed by atoms with Gasteiger partial charge in [0.05, 0.1) is 4.47 Å². The maximum atomic E-state index is 6.33. The topological polar surface area (TPSA) is 38.2 Å². The summed E-state index contributed by atoms with van der Waals surface area (Å²) in [5, 5.41) is 0.146. The Bertz CT molecular complexity index is 669. The third-order valence-electron chi connectivity index (χ3n) is 3.66. The lowest BCUT2D eigenvalue weighted by Gasteiger charge is -2.36. The van der Waals surface area contributed by atoms with E-state index in [2.05, 4.69) is 54.8 Å². The molecule has 0 fully saturated rings. The summed E-state index contributed by atoms with van der Waals surface area (Å²) in [5.74, 6) is 0.810. The van der Waals surface area contributed by atoms with Crippen molar-refractivity contribution in [2.45, 2.75) is 38.9 Å². The first-order valence-corrected chi connectivity index (χ1v) is 10.2. The summed E-state index contributed by atoms with van der Waals surface area (Å²) in [7, 11) is -1.88. The molecule has 1 aromatic carbocycles. The molecule has 2 aromatic rings. The van der Waals surface area contributed by atoms with Gasteiger partial charge in [0, 0.05) is 0 Å². The zero-order valence-corrected chi connectivity index (χ0v) is 15.2. The predicted octanol–water partition coefficient (Wildman–Crippen LogP) is 5.64. The second-order valence-electron chi connectivity index (χ2n) is 6.13. The number of halogens is 1. The number of aromatic nitrogens is 1. The Hall–Kier alpha value is -0.593. The van der Waals surface area contributed by atoms with Crippen LogP contribution in [0.25, 0.3) is 11.1 Å². The Morgan fingerprint density at radius 1 is 1.32 bits per heavy atom. The standard InChI is InChI=1S/C13H18BrNO2SSi/c1-13(2,3)19(4,5)17-9-7-6-8(14)11-10(9)15-12(18)16-11/h6-7H,1-5H3,(H,15,18). The molecule has 104 valence electrons. The molecule has 2 rings (SSSR count). The lowest BCUT2D eigenvalue weighted by Crippen LogP contribution is -2.43. The molecule has 0 spiro atoms. The smallest absolute Gasteiger partial charge is 0.267 e. The zero-order valence-electron chi connectivity index (χ0n) is 11.8. The van der Waals surface area contributed by atoms with E-state index < -0.39 is 8.32 Å². The molecule has 6 heteroatoms. The lowest BCUT2D eigenvalue weighted by atomic mass is 10.2. The quantitative estimate of drug-likeness (QED) is 0.557. The first kappa shape index (κ1) is 14.8. The monoisotopic (exact) mass is 359 g/mol. The molecule has 0 aliphatic carbocycles. The van der Waals surface area contributed by atoms with Crippen LogP contribution in [0.4, 0.5) is 0 Å². The van der Waals surface area contributed by atoms with Crippen LogP contribution in [-0.4, -0.2) is 13.3 Å². The summed E-state index contributed by atoms with van der Waals surface area (Å²) in [6.45, 7) is 11.1. The summed E-state index contributed by atoms with van der Waals surface area (Å²) >= 11 is 8.52. The molecule has 0 unspecified atom stereocenters. The van der Waals surface area contributed by atoms with Gasteiger partial charge in [-0.25, -0.2) is 0 Å². The first-order valence-electron chi connectivity index (χ1n) is 6.12. The van der Waals surface area contributed by atoms with Crippen LogP contribution in [0.2, 0.25) is 18.1 Å². The van der Waals surface area contributed by atoms with Crippen molar-refractivity contribution in [2.24, 2.45) is 0 Å². The minimum Gasteiger partial charge on any atom is -0.542 e. The summed E-state index contributed by atoms with van der Waals surface area (Å²) in [6, 6.07) is 3.88. The van der Waals surface area contributed by atoms with Crippen molar-refractivity contribution in [2.75, 3.05) is 0 Å². The van der Waals surface area contributed by atoms with E-state index in [0.717, 1.165) is 15.7 Å². The van der Waals surface area contributed by atoms with Crippen LogP contribution in [0.3, 0.4) is 0 Å². The maximum Gasteiger partial charge on any atom is 0.267 e. The fraction of sp³-hybridized carbons (Fsp3) is 0.462. The molecule has 3 nitrogen and oxygen atoms in total. The average Bonchev–Trinajstić information content (AvgIpc) is 2.63. The van der Waals surface area contributed by atoms with Gasteiger partial charge in [-0.05, 0) is 58.4 Å². The van der Waals surface area contributed by atoms with Crippen molar-refractivity contribution >= 4 is 47.6 Å². The number of nitrogens with one attached hydrogen (secondary N) is 1. The van der Waals surface area contributed by atoms with Gasteiger partial charge in [-0.3, -0.25) is 0 Å². The molecule has 0 bridgehead atoms. The van der Waals surface area contributed by atoms with Gasteiger partial charge in [-0.15, -0.1) is 0 Å². The number of H-pyrrole nitrogens is 1. The molecule has 1 aromatic heterocycles. The lowest BCUT2D eigenvalue weighted by molar-refractivity contribution is 0.495. The molecule has 0 amide bonds. The summed E-state index contributed by atoms with van der Waals surface area (Å²) < 4.78 is 12.7. The van der Waals surface area contributed by atoms with Gasteiger partial charge in [0.25, 0.3) is 13.2 Å². The van der Waals surface area contributed by atoms with Gasteiger partial charge in [0.15, 0.2) is 5.58 Å². The molecule has 1 N–H and O–H groups in total. The third kappa shape index (κ3) is 2.80. The van der Waals surface area contributed by atoms with E-state index in [4.69, 9.17) is 21.1 Å². The van der Waals surface area contributed by atoms with Gasteiger partial charge in [0.2, 0.25) is 0 Å². The summed E-state index contributed by atoms with van der Waals surface area (Å²) in [6.07, 6.45) is 0. The molecule has 0 saturated carbocycles. The number of hydrogen-bond donors (Lipinski definition) is 1. The van der Waals surface area contributed by atoms with Crippen LogP contribution in [0.15, 0.2) is 21.0 Å². The minimum absolute atomic E-state index is 0.146. The number of fused-ring (bicyclic) bond motifs is 1. The van der Waals surface area contributed by atoms with Gasteiger partial charge < -0.3 is 13.8 Å². The van der Waals surface area contributed by atoms with Crippen LogP contribution in [-0.2, 0) is 0 Å². The van der Waals surface area contributed by atoms with Crippen LogP contribution in [0.5, 0.6) is 5.75 Å². The van der Waals surface area contributed by atoms with Crippen molar-refractivity contribution in [3.63, 3.8) is 0 Å². The van der Waals surface area contributed by atoms with Gasteiger partial charge in [-0.2, -0.15) is 0 Å². The van der Waals surface area contributed by atoms with Crippen molar-refractivity contribution < 1.29 is 8.84 Å². The van der Waals surface area contributed by atoms with E-state index in [0.29, 0.717) is 10.4 Å². The van der Waals surface area contributed by atoms with E-state index in [9.17, 15) is 0 Å². The van der Waals surface area contributed by atoms with Gasteiger partial charge >= 0.3 is 0 Å². The highest BCUT2D eigenvalue weighted by Crippen LogP contribution is 2.40. The molecular formula is C13H18BrNO2SSi. The molecule has 0 radical (unpaired) electrons. The molecule has 0 saturated heterocycles. The highest BCUT2D eigenvalue weighted by atomic mass is 79.9. The van der Waals surface area contributed by atoms with E-state index in [1.54, 1.807) is 0 Å². The van der Waals surface area contributed by atoms with Crippen molar-refractivity contribution in [3.8, 4) is 5.75 Å². The van der Waals surface area contributed by atoms with E-state index in [1.807, 2.05) is 12.1 Å². The van der Waals surface area contributed by atoms with Crippen LogP contribution >= 0.6 is 28.1 Å². The Labute approximate surface area is 127 Å². The summed E-state index contributed by atoms with van der Waals surface area (Å²) in [4.78, 5) is 3.42. The number of benzene rings is 1. The minimum atomic E-state index is -1.88.